The first-order valence-corrected chi connectivity index (χ1v) is 10.7. The van der Waals surface area contributed by atoms with Gasteiger partial charge in [0.25, 0.3) is 0 Å². The number of hydrogen-bond acceptors (Lipinski definition) is 5. The number of allylic oxidation sites excluding steroid dienone is 4. The van der Waals surface area contributed by atoms with Crippen molar-refractivity contribution in [2.45, 2.75) is 32.4 Å². The molecular weight excluding hydrogens is 407 g/mol. The smallest absolute Gasteiger partial charge is 0.248 e. The van der Waals surface area contributed by atoms with Crippen LogP contribution in [0.25, 0.3) is 6.08 Å². The molecule has 1 aromatic rings. The largest absolute Gasteiger partial charge is 0.373 e. The summed E-state index contributed by atoms with van der Waals surface area (Å²) in [5.74, 6) is 1.40. The van der Waals surface area contributed by atoms with Crippen LogP contribution in [0.1, 0.15) is 30.9 Å². The number of benzene rings is 1. The maximum atomic E-state index is 15.2. The van der Waals surface area contributed by atoms with E-state index in [0.29, 0.717) is 29.9 Å². The van der Waals surface area contributed by atoms with Gasteiger partial charge < -0.3 is 15.5 Å². The van der Waals surface area contributed by atoms with Crippen molar-refractivity contribution >= 4 is 29.8 Å². The topological polar surface area (TPSA) is 73.8 Å². The van der Waals surface area contributed by atoms with E-state index in [4.69, 9.17) is 0 Å². The van der Waals surface area contributed by atoms with Gasteiger partial charge in [-0.25, -0.2) is 9.18 Å². The molecule has 3 heterocycles. The van der Waals surface area contributed by atoms with Crippen LogP contribution in [0.4, 0.5) is 10.1 Å². The van der Waals surface area contributed by atoms with E-state index in [1.54, 1.807) is 25.4 Å². The Balaban J connectivity index is 1.49. The van der Waals surface area contributed by atoms with Crippen molar-refractivity contribution in [3.8, 4) is 0 Å². The molecule has 1 aromatic carbocycles. The maximum Gasteiger partial charge on any atom is 0.248 e. The monoisotopic (exact) mass is 432 g/mol. The first-order valence-electron chi connectivity index (χ1n) is 10.7. The summed E-state index contributed by atoms with van der Waals surface area (Å²) in [6.45, 7) is 3.11. The molecule has 3 aliphatic rings. The predicted molar refractivity (Wildman–Crippen MR) is 124 cm³/mol. The van der Waals surface area contributed by atoms with E-state index in [1.165, 1.54) is 0 Å². The Kier molecular flexibility index (Phi) is 6.19. The Morgan fingerprint density at radius 1 is 1.38 bits per heavy atom. The molecule has 3 aliphatic heterocycles. The summed E-state index contributed by atoms with van der Waals surface area (Å²) in [5, 5.41) is 5.51. The Morgan fingerprint density at radius 3 is 2.84 bits per heavy atom. The lowest BCUT2D eigenvalue weighted by molar-refractivity contribution is -0.120. The van der Waals surface area contributed by atoms with Gasteiger partial charge in [-0.05, 0) is 47.9 Å². The molecule has 0 aliphatic carbocycles. The van der Waals surface area contributed by atoms with E-state index in [-0.39, 0.29) is 11.7 Å². The number of carbonyl (C=O) groups excluding carboxylic acids is 2. The normalized spacial score (nSPS) is 21.6. The highest BCUT2D eigenvalue weighted by atomic mass is 19.1. The van der Waals surface area contributed by atoms with E-state index in [2.05, 4.69) is 20.5 Å². The van der Waals surface area contributed by atoms with Gasteiger partial charge in [0.1, 0.15) is 11.7 Å². The standard InChI is InChI=1S/C25H25FN4O2/c1-3-16-12-18-4-5-20(23(26)24(18)29-22(16)15-31)14-30-10-8-17(9-11-30)19-6-7-21(28-13-19)25(32)27-2/h4-8,10,12-13,21,29H,3,9,11,14H2,1-2H3,(H,27,32). The number of amides is 1. The van der Waals surface area contributed by atoms with Gasteiger partial charge in [0.05, 0.1) is 5.69 Å². The number of hydrogen-bond donors (Lipinski definition) is 2. The minimum absolute atomic E-state index is 0.134. The molecule has 2 N–H and O–H groups in total. The average Bonchev–Trinajstić information content (AvgIpc) is 2.85. The van der Waals surface area contributed by atoms with Crippen LogP contribution in [-0.2, 0) is 16.1 Å². The number of nitrogens with zero attached hydrogens (tertiary/aromatic N) is 2. The summed E-state index contributed by atoms with van der Waals surface area (Å²) in [6.07, 6.45) is 12.7. The van der Waals surface area contributed by atoms with Gasteiger partial charge in [0.15, 0.2) is 11.8 Å². The number of anilines is 1. The van der Waals surface area contributed by atoms with Crippen LogP contribution in [0.3, 0.4) is 0 Å². The quantitative estimate of drug-likeness (QED) is 0.714. The van der Waals surface area contributed by atoms with Gasteiger partial charge in [0.2, 0.25) is 5.91 Å². The highest BCUT2D eigenvalue weighted by Crippen LogP contribution is 2.34. The first-order chi connectivity index (χ1) is 15.5. The van der Waals surface area contributed by atoms with Crippen LogP contribution >= 0.6 is 0 Å². The second kappa shape index (κ2) is 9.20. The summed E-state index contributed by atoms with van der Waals surface area (Å²) in [4.78, 5) is 29.3. The molecule has 1 amide bonds. The third kappa shape index (κ3) is 4.20. The van der Waals surface area contributed by atoms with Crippen molar-refractivity contribution < 1.29 is 14.0 Å². The fourth-order valence-corrected chi connectivity index (χ4v) is 3.99. The van der Waals surface area contributed by atoms with Gasteiger partial charge in [-0.1, -0.05) is 31.2 Å². The molecule has 0 saturated heterocycles. The minimum Gasteiger partial charge on any atom is -0.373 e. The number of likely N-dealkylation sites (N-methyl/N-ethyl adjacent to an activating group) is 1. The van der Waals surface area contributed by atoms with Crippen LogP contribution in [0.15, 0.2) is 64.0 Å². The van der Waals surface area contributed by atoms with E-state index in [9.17, 15) is 9.59 Å². The number of carbonyl (C=O) groups is 1. The van der Waals surface area contributed by atoms with Crippen molar-refractivity contribution in [3.63, 3.8) is 0 Å². The van der Waals surface area contributed by atoms with Gasteiger partial charge in [-0.3, -0.25) is 9.79 Å². The molecule has 1 atom stereocenters. The van der Waals surface area contributed by atoms with Gasteiger partial charge in [-0.15, -0.1) is 0 Å². The summed E-state index contributed by atoms with van der Waals surface area (Å²) >= 11 is 0. The van der Waals surface area contributed by atoms with Crippen molar-refractivity contribution in [2.75, 3.05) is 18.9 Å². The third-order valence-electron chi connectivity index (χ3n) is 5.88. The van der Waals surface area contributed by atoms with Crippen LogP contribution in [0, 0.1) is 5.82 Å². The van der Waals surface area contributed by atoms with Gasteiger partial charge in [-0.2, -0.15) is 0 Å². The zero-order chi connectivity index (χ0) is 22.7. The fraction of sp³-hybridized carbons (Fsp3) is 0.280. The van der Waals surface area contributed by atoms with Crippen LogP contribution in [0.2, 0.25) is 0 Å². The average molecular weight is 432 g/mol. The molecule has 164 valence electrons. The zero-order valence-corrected chi connectivity index (χ0v) is 18.1. The fourth-order valence-electron chi connectivity index (χ4n) is 3.99. The molecule has 32 heavy (non-hydrogen) atoms. The summed E-state index contributed by atoms with van der Waals surface area (Å²) in [5.41, 5.74) is 4.85. The van der Waals surface area contributed by atoms with E-state index in [0.717, 1.165) is 35.2 Å². The highest BCUT2D eigenvalue weighted by molar-refractivity contribution is 5.92. The van der Waals surface area contributed by atoms with Crippen molar-refractivity contribution in [1.82, 2.24) is 10.2 Å². The maximum absolute atomic E-state index is 15.2. The minimum atomic E-state index is -0.480. The lowest BCUT2D eigenvalue weighted by atomic mass is 9.97. The molecule has 7 heteroatoms. The number of nitrogens with one attached hydrogen (secondary N) is 2. The van der Waals surface area contributed by atoms with Gasteiger partial charge >= 0.3 is 0 Å². The molecule has 6 nitrogen and oxygen atoms in total. The highest BCUT2D eigenvalue weighted by Gasteiger charge is 2.22. The number of dihydropyridines is 1. The number of aliphatic imine (C=N–C) groups is 1. The van der Waals surface area contributed by atoms with E-state index < -0.39 is 6.04 Å². The molecule has 0 aromatic heterocycles. The van der Waals surface area contributed by atoms with Crippen LogP contribution in [-0.4, -0.2) is 42.6 Å². The first kappa shape index (κ1) is 21.5. The Bertz CT molecular complexity index is 1140. The predicted octanol–water partition coefficient (Wildman–Crippen LogP) is 3.53. The molecule has 4 rings (SSSR count). The van der Waals surface area contributed by atoms with Crippen molar-refractivity contribution in [2.24, 2.45) is 4.99 Å². The third-order valence-corrected chi connectivity index (χ3v) is 5.88. The lowest BCUT2D eigenvalue weighted by Crippen LogP contribution is -2.30. The van der Waals surface area contributed by atoms with E-state index in [1.807, 2.05) is 43.4 Å². The zero-order valence-electron chi connectivity index (χ0n) is 18.1. The van der Waals surface area contributed by atoms with Gasteiger partial charge in [0, 0.05) is 37.5 Å². The Morgan fingerprint density at radius 2 is 2.22 bits per heavy atom. The molecule has 0 bridgehead atoms. The molecule has 0 fully saturated rings. The lowest BCUT2D eigenvalue weighted by Gasteiger charge is -2.27. The molecular formula is C25H25FN4O2. The summed E-state index contributed by atoms with van der Waals surface area (Å²) < 4.78 is 15.2. The molecule has 1 unspecified atom stereocenters. The second-order valence-corrected chi connectivity index (χ2v) is 7.84. The number of fused-ring (bicyclic) bond motifs is 1. The molecule has 0 radical (unpaired) electrons. The molecule has 0 spiro atoms. The Labute approximate surface area is 186 Å². The summed E-state index contributed by atoms with van der Waals surface area (Å²) in [7, 11) is 1.59. The second-order valence-electron chi connectivity index (χ2n) is 7.84. The number of rotatable bonds is 4. The Hall–Kier alpha value is -3.70. The van der Waals surface area contributed by atoms with E-state index >= 15 is 4.39 Å². The van der Waals surface area contributed by atoms with Crippen LogP contribution < -0.4 is 10.6 Å². The van der Waals surface area contributed by atoms with Crippen molar-refractivity contribution in [3.05, 3.63) is 75.9 Å². The number of halogens is 1. The SMILES string of the molecule is CCC1=Cc2ccc(CN3C=CC(=C4C=CC(C(=O)NC)N=C4)CC3)c(F)c2NC1=C=O. The summed E-state index contributed by atoms with van der Waals surface area (Å²) in [6, 6.07) is 3.20. The molecule has 0 saturated carbocycles. The van der Waals surface area contributed by atoms with Crippen molar-refractivity contribution in [1.29, 1.82) is 0 Å². The van der Waals surface area contributed by atoms with Crippen LogP contribution in [0.5, 0.6) is 0 Å².